The summed E-state index contributed by atoms with van der Waals surface area (Å²) in [4.78, 5) is 0. The zero-order chi connectivity index (χ0) is 7.98. The molecule has 2 nitrogen and oxygen atoms in total. The highest BCUT2D eigenvalue weighted by molar-refractivity contribution is 4.57. The molecule has 0 bridgehead atoms. The van der Waals surface area contributed by atoms with Gasteiger partial charge in [-0.2, -0.15) is 0 Å². The van der Waals surface area contributed by atoms with Crippen LogP contribution in [-0.2, 0) is 0 Å². The average Bonchev–Trinajstić information content (AvgIpc) is 1.98. The van der Waals surface area contributed by atoms with Crippen LogP contribution in [0.2, 0.25) is 0 Å². The first kappa shape index (κ1) is 9.92. The third-order valence-corrected chi connectivity index (χ3v) is 1.93. The normalized spacial score (nSPS) is 14.1. The first-order valence-electron chi connectivity index (χ1n) is 4.23. The molecule has 0 aromatic rings. The Morgan fingerprint density at radius 3 is 2.40 bits per heavy atom. The van der Waals surface area contributed by atoms with Crippen LogP contribution in [0.3, 0.4) is 0 Å². The molecule has 0 aromatic carbocycles. The number of nitrogens with two attached hydrogens (primary N) is 1. The van der Waals surface area contributed by atoms with Crippen molar-refractivity contribution in [3.63, 3.8) is 0 Å². The SMILES string of the molecule is CCCCN(N)[C@H](C)CC. The topological polar surface area (TPSA) is 29.3 Å². The van der Waals surface area contributed by atoms with Crippen molar-refractivity contribution in [1.29, 1.82) is 0 Å². The lowest BCUT2D eigenvalue weighted by Crippen LogP contribution is -2.39. The van der Waals surface area contributed by atoms with Crippen molar-refractivity contribution in [3.05, 3.63) is 0 Å². The molecular weight excluding hydrogens is 124 g/mol. The largest absolute Gasteiger partial charge is 0.269 e. The van der Waals surface area contributed by atoms with E-state index in [1.54, 1.807) is 0 Å². The molecule has 0 unspecified atom stereocenters. The summed E-state index contributed by atoms with van der Waals surface area (Å²) in [6, 6.07) is 0.534. The average molecular weight is 144 g/mol. The molecule has 0 aliphatic rings. The Morgan fingerprint density at radius 1 is 1.40 bits per heavy atom. The number of hydrogen-bond acceptors (Lipinski definition) is 2. The highest BCUT2D eigenvalue weighted by atomic mass is 15.4. The van der Waals surface area contributed by atoms with Gasteiger partial charge in [-0.05, 0) is 19.8 Å². The lowest BCUT2D eigenvalue weighted by atomic mass is 10.2. The molecule has 0 aromatic heterocycles. The third-order valence-electron chi connectivity index (χ3n) is 1.93. The van der Waals surface area contributed by atoms with Crippen molar-refractivity contribution in [1.82, 2.24) is 5.01 Å². The molecule has 1 atom stereocenters. The number of rotatable bonds is 5. The second-order valence-corrected chi connectivity index (χ2v) is 2.85. The van der Waals surface area contributed by atoms with Crippen molar-refractivity contribution in [2.75, 3.05) is 6.54 Å². The highest BCUT2D eigenvalue weighted by Crippen LogP contribution is 1.98. The van der Waals surface area contributed by atoms with E-state index in [-0.39, 0.29) is 0 Å². The van der Waals surface area contributed by atoms with Crippen LogP contribution in [0, 0.1) is 0 Å². The number of hydrazine groups is 1. The molecule has 2 heteroatoms. The first-order chi connectivity index (χ1) is 4.72. The summed E-state index contributed by atoms with van der Waals surface area (Å²) in [5, 5.41) is 1.93. The standard InChI is InChI=1S/C8H20N2/c1-4-6-7-10(9)8(3)5-2/h8H,4-7,9H2,1-3H3/t8-/m1/s1. The third kappa shape index (κ3) is 3.85. The first-order valence-corrected chi connectivity index (χ1v) is 4.23. The van der Waals surface area contributed by atoms with Crippen molar-refractivity contribution in [2.24, 2.45) is 5.84 Å². The monoisotopic (exact) mass is 144 g/mol. The smallest absolute Gasteiger partial charge is 0.0210 e. The van der Waals surface area contributed by atoms with Crippen molar-refractivity contribution >= 4 is 0 Å². The van der Waals surface area contributed by atoms with Crippen LogP contribution >= 0.6 is 0 Å². The molecule has 0 fully saturated rings. The minimum absolute atomic E-state index is 0.534. The van der Waals surface area contributed by atoms with E-state index in [1.807, 2.05) is 5.01 Å². The van der Waals surface area contributed by atoms with Gasteiger partial charge < -0.3 is 0 Å². The van der Waals surface area contributed by atoms with Gasteiger partial charge in [-0.3, -0.25) is 5.84 Å². The van der Waals surface area contributed by atoms with E-state index in [0.717, 1.165) is 13.0 Å². The Labute approximate surface area is 64.4 Å². The van der Waals surface area contributed by atoms with Gasteiger partial charge in [-0.1, -0.05) is 20.3 Å². The van der Waals surface area contributed by atoms with Crippen LogP contribution in [0.1, 0.15) is 40.0 Å². The molecule has 0 saturated carbocycles. The fourth-order valence-electron chi connectivity index (χ4n) is 0.796. The number of hydrogen-bond donors (Lipinski definition) is 1. The van der Waals surface area contributed by atoms with Gasteiger partial charge in [0.05, 0.1) is 0 Å². The summed E-state index contributed by atoms with van der Waals surface area (Å²) >= 11 is 0. The maximum atomic E-state index is 5.75. The summed E-state index contributed by atoms with van der Waals surface area (Å²) in [5.74, 6) is 5.75. The maximum absolute atomic E-state index is 5.75. The maximum Gasteiger partial charge on any atom is 0.0210 e. The van der Waals surface area contributed by atoms with Gasteiger partial charge in [-0.15, -0.1) is 0 Å². The molecule has 0 amide bonds. The van der Waals surface area contributed by atoms with Crippen LogP contribution in [0.15, 0.2) is 0 Å². The lowest BCUT2D eigenvalue weighted by molar-refractivity contribution is 0.206. The quantitative estimate of drug-likeness (QED) is 0.470. The summed E-state index contributed by atoms with van der Waals surface area (Å²) in [6.45, 7) is 7.54. The van der Waals surface area contributed by atoms with Crippen LogP contribution in [0.4, 0.5) is 0 Å². The number of unbranched alkanes of at least 4 members (excludes halogenated alkanes) is 1. The second kappa shape index (κ2) is 5.69. The molecule has 0 rings (SSSR count). The summed E-state index contributed by atoms with van der Waals surface area (Å²) in [5.41, 5.74) is 0. The molecule has 0 heterocycles. The van der Waals surface area contributed by atoms with E-state index in [1.165, 1.54) is 12.8 Å². The van der Waals surface area contributed by atoms with Crippen LogP contribution in [-0.4, -0.2) is 17.6 Å². The van der Waals surface area contributed by atoms with Gasteiger partial charge >= 0.3 is 0 Å². The predicted molar refractivity (Wildman–Crippen MR) is 45.6 cm³/mol. The summed E-state index contributed by atoms with van der Waals surface area (Å²) in [7, 11) is 0. The second-order valence-electron chi connectivity index (χ2n) is 2.85. The van der Waals surface area contributed by atoms with Gasteiger partial charge in [-0.25, -0.2) is 5.01 Å². The van der Waals surface area contributed by atoms with Crippen LogP contribution < -0.4 is 5.84 Å². The zero-order valence-electron chi connectivity index (χ0n) is 7.43. The van der Waals surface area contributed by atoms with Gasteiger partial charge in [0.2, 0.25) is 0 Å². The fraction of sp³-hybridized carbons (Fsp3) is 1.00. The highest BCUT2D eigenvalue weighted by Gasteiger charge is 2.04. The number of nitrogens with zero attached hydrogens (tertiary/aromatic N) is 1. The molecule has 0 spiro atoms. The molecule has 0 aliphatic carbocycles. The molecule has 62 valence electrons. The van der Waals surface area contributed by atoms with Crippen LogP contribution in [0.5, 0.6) is 0 Å². The van der Waals surface area contributed by atoms with Crippen molar-refractivity contribution < 1.29 is 0 Å². The van der Waals surface area contributed by atoms with Crippen molar-refractivity contribution in [2.45, 2.75) is 46.1 Å². The Hall–Kier alpha value is -0.0800. The van der Waals surface area contributed by atoms with E-state index >= 15 is 0 Å². The van der Waals surface area contributed by atoms with Crippen molar-refractivity contribution in [3.8, 4) is 0 Å². The van der Waals surface area contributed by atoms with E-state index in [0.29, 0.717) is 6.04 Å². The Balaban J connectivity index is 3.31. The van der Waals surface area contributed by atoms with E-state index in [9.17, 15) is 0 Å². The zero-order valence-corrected chi connectivity index (χ0v) is 7.43. The lowest BCUT2D eigenvalue weighted by Gasteiger charge is -2.22. The van der Waals surface area contributed by atoms with Gasteiger partial charge in [0.25, 0.3) is 0 Å². The Morgan fingerprint density at radius 2 is 2.00 bits per heavy atom. The fourth-order valence-corrected chi connectivity index (χ4v) is 0.796. The van der Waals surface area contributed by atoms with E-state index in [4.69, 9.17) is 5.84 Å². The Kier molecular flexibility index (Phi) is 5.64. The minimum Gasteiger partial charge on any atom is -0.269 e. The minimum atomic E-state index is 0.534. The van der Waals surface area contributed by atoms with Gasteiger partial charge in [0.15, 0.2) is 0 Å². The Bertz CT molecular complexity index is 73.7. The van der Waals surface area contributed by atoms with Crippen LogP contribution in [0.25, 0.3) is 0 Å². The van der Waals surface area contributed by atoms with Gasteiger partial charge in [0.1, 0.15) is 0 Å². The summed E-state index contributed by atoms with van der Waals surface area (Å²) < 4.78 is 0. The molecular formula is C8H20N2. The molecule has 0 aliphatic heterocycles. The molecule has 0 saturated heterocycles. The van der Waals surface area contributed by atoms with Gasteiger partial charge in [0, 0.05) is 12.6 Å². The molecule has 10 heavy (non-hydrogen) atoms. The molecule has 0 radical (unpaired) electrons. The molecule has 2 N–H and O–H groups in total. The summed E-state index contributed by atoms with van der Waals surface area (Å²) in [6.07, 6.45) is 3.57. The van der Waals surface area contributed by atoms with E-state index in [2.05, 4.69) is 20.8 Å². The predicted octanol–water partition coefficient (Wildman–Crippen LogP) is 1.76. The van der Waals surface area contributed by atoms with E-state index < -0.39 is 0 Å².